The lowest BCUT2D eigenvalue weighted by atomic mass is 9.89. The van der Waals surface area contributed by atoms with E-state index in [1.165, 1.54) is 22.2 Å². The van der Waals surface area contributed by atoms with Crippen LogP contribution in [0.5, 0.6) is 5.75 Å². The van der Waals surface area contributed by atoms with Crippen LogP contribution in [0.25, 0.3) is 10.9 Å². The summed E-state index contributed by atoms with van der Waals surface area (Å²) in [4.78, 5) is 0. The number of ether oxygens (including phenoxy) is 1. The van der Waals surface area contributed by atoms with Crippen molar-refractivity contribution < 1.29 is 4.74 Å². The first-order valence-electron chi connectivity index (χ1n) is 6.41. The second-order valence-corrected chi connectivity index (χ2v) is 5.78. The highest BCUT2D eigenvalue weighted by atomic mass is 16.5. The van der Waals surface area contributed by atoms with Gasteiger partial charge in [0.1, 0.15) is 5.75 Å². The van der Waals surface area contributed by atoms with Gasteiger partial charge >= 0.3 is 0 Å². The Bertz CT molecular complexity index is 610. The molecule has 0 fully saturated rings. The monoisotopic (exact) mass is 244 g/mol. The first-order valence-corrected chi connectivity index (χ1v) is 6.41. The van der Waals surface area contributed by atoms with Crippen LogP contribution < -0.4 is 10.1 Å². The normalized spacial score (nSPS) is 17.8. The van der Waals surface area contributed by atoms with Gasteiger partial charge in [-0.15, -0.1) is 0 Å². The number of aromatic nitrogens is 1. The molecule has 1 aromatic heterocycles. The molecule has 1 aliphatic heterocycles. The van der Waals surface area contributed by atoms with E-state index in [4.69, 9.17) is 4.74 Å². The van der Waals surface area contributed by atoms with Gasteiger partial charge in [0.2, 0.25) is 0 Å². The summed E-state index contributed by atoms with van der Waals surface area (Å²) < 4.78 is 7.65. The molecule has 2 heterocycles. The molecular formula is C15H20N2O. The van der Waals surface area contributed by atoms with Gasteiger partial charge in [-0.1, -0.05) is 0 Å². The number of benzene rings is 1. The smallest absolute Gasteiger partial charge is 0.119 e. The summed E-state index contributed by atoms with van der Waals surface area (Å²) in [5.41, 5.74) is 4.33. The highest BCUT2D eigenvalue weighted by molar-refractivity contribution is 5.87. The number of nitrogens with one attached hydrogen (secondary N) is 1. The first kappa shape index (κ1) is 11.6. The molecule has 3 heteroatoms. The number of aryl methyl sites for hydroxylation is 1. The van der Waals surface area contributed by atoms with E-state index in [9.17, 15) is 0 Å². The molecule has 96 valence electrons. The molecule has 0 saturated heterocycles. The van der Waals surface area contributed by atoms with Crippen molar-refractivity contribution in [3.63, 3.8) is 0 Å². The second kappa shape index (κ2) is 3.75. The molecule has 0 spiro atoms. The molecule has 2 aromatic rings. The summed E-state index contributed by atoms with van der Waals surface area (Å²) in [5, 5.41) is 4.93. The summed E-state index contributed by atoms with van der Waals surface area (Å²) in [6, 6.07) is 6.35. The topological polar surface area (TPSA) is 26.2 Å². The van der Waals surface area contributed by atoms with Crippen molar-refractivity contribution in [3.05, 3.63) is 29.5 Å². The van der Waals surface area contributed by atoms with Crippen molar-refractivity contribution >= 4 is 10.9 Å². The van der Waals surface area contributed by atoms with Gasteiger partial charge in [-0.2, -0.15) is 0 Å². The van der Waals surface area contributed by atoms with Crippen molar-refractivity contribution in [3.8, 4) is 5.75 Å². The Kier molecular flexibility index (Phi) is 2.42. The highest BCUT2D eigenvalue weighted by Crippen LogP contribution is 2.33. The predicted molar refractivity (Wildman–Crippen MR) is 74.1 cm³/mol. The maximum atomic E-state index is 5.35. The molecule has 0 unspecified atom stereocenters. The lowest BCUT2D eigenvalue weighted by Crippen LogP contribution is -2.44. The van der Waals surface area contributed by atoms with E-state index in [-0.39, 0.29) is 5.54 Å². The molecule has 0 saturated carbocycles. The molecule has 0 amide bonds. The van der Waals surface area contributed by atoms with Crippen molar-refractivity contribution in [2.45, 2.75) is 32.4 Å². The molecular weight excluding hydrogens is 224 g/mol. The van der Waals surface area contributed by atoms with Crippen LogP contribution in [0.15, 0.2) is 18.2 Å². The fourth-order valence-electron chi connectivity index (χ4n) is 2.93. The van der Waals surface area contributed by atoms with E-state index < -0.39 is 0 Å². The van der Waals surface area contributed by atoms with E-state index in [2.05, 4.69) is 42.9 Å². The van der Waals surface area contributed by atoms with E-state index in [1.807, 2.05) is 6.07 Å². The van der Waals surface area contributed by atoms with Gasteiger partial charge in [0.05, 0.1) is 7.11 Å². The van der Waals surface area contributed by atoms with Crippen LogP contribution in [0.3, 0.4) is 0 Å². The molecule has 18 heavy (non-hydrogen) atoms. The van der Waals surface area contributed by atoms with Gasteiger partial charge < -0.3 is 14.6 Å². The first-order chi connectivity index (χ1) is 8.52. The minimum Gasteiger partial charge on any atom is -0.497 e. The Labute approximate surface area is 108 Å². The van der Waals surface area contributed by atoms with E-state index in [1.54, 1.807) is 7.11 Å². The van der Waals surface area contributed by atoms with Crippen molar-refractivity contribution in [2.75, 3.05) is 7.11 Å². The van der Waals surface area contributed by atoms with Gasteiger partial charge in [-0.3, -0.25) is 0 Å². The van der Waals surface area contributed by atoms with Gasteiger partial charge in [0.25, 0.3) is 0 Å². The number of nitrogens with zero attached hydrogens (tertiary/aromatic N) is 1. The Morgan fingerprint density at radius 2 is 2.11 bits per heavy atom. The number of methoxy groups -OCH3 is 1. The van der Waals surface area contributed by atoms with Crippen LogP contribution in [0, 0.1) is 0 Å². The zero-order chi connectivity index (χ0) is 12.9. The van der Waals surface area contributed by atoms with Crippen LogP contribution in [0.1, 0.15) is 25.1 Å². The number of fused-ring (bicyclic) bond motifs is 3. The van der Waals surface area contributed by atoms with Crippen molar-refractivity contribution in [1.82, 2.24) is 9.88 Å². The second-order valence-electron chi connectivity index (χ2n) is 5.78. The van der Waals surface area contributed by atoms with Crippen LogP contribution in [0.2, 0.25) is 0 Å². The molecule has 3 nitrogen and oxygen atoms in total. The Hall–Kier alpha value is -1.48. The standard InChI is InChI=1S/C15H20N2O/c1-15(2)8-12-11-7-10(18-4)5-6-13(11)17(3)14(12)9-16-15/h5-7,16H,8-9H2,1-4H3. The summed E-state index contributed by atoms with van der Waals surface area (Å²) in [6.07, 6.45) is 1.06. The van der Waals surface area contributed by atoms with Gasteiger partial charge in [0.15, 0.2) is 0 Å². The minimum absolute atomic E-state index is 0.171. The molecule has 0 bridgehead atoms. The van der Waals surface area contributed by atoms with Gasteiger partial charge in [-0.25, -0.2) is 0 Å². The molecule has 1 aliphatic rings. The van der Waals surface area contributed by atoms with Crippen molar-refractivity contribution in [1.29, 1.82) is 0 Å². The van der Waals surface area contributed by atoms with E-state index >= 15 is 0 Å². The van der Waals surface area contributed by atoms with Gasteiger partial charge in [0, 0.05) is 35.7 Å². The molecule has 0 radical (unpaired) electrons. The molecule has 3 rings (SSSR count). The maximum absolute atomic E-state index is 5.35. The Morgan fingerprint density at radius 3 is 2.83 bits per heavy atom. The average Bonchev–Trinajstić information content (AvgIpc) is 2.61. The largest absolute Gasteiger partial charge is 0.497 e. The number of rotatable bonds is 1. The Balaban J connectivity index is 2.26. The summed E-state index contributed by atoms with van der Waals surface area (Å²) in [7, 11) is 3.87. The summed E-state index contributed by atoms with van der Waals surface area (Å²) >= 11 is 0. The third kappa shape index (κ3) is 1.62. The molecule has 1 N–H and O–H groups in total. The third-order valence-electron chi connectivity index (χ3n) is 4.00. The zero-order valence-electron chi connectivity index (χ0n) is 11.5. The van der Waals surface area contributed by atoms with Crippen LogP contribution in [0.4, 0.5) is 0 Å². The molecule has 0 aliphatic carbocycles. The highest BCUT2D eigenvalue weighted by Gasteiger charge is 2.28. The van der Waals surface area contributed by atoms with Crippen LogP contribution in [-0.4, -0.2) is 17.2 Å². The van der Waals surface area contributed by atoms with Gasteiger partial charge in [-0.05, 0) is 44.0 Å². The Morgan fingerprint density at radius 1 is 1.33 bits per heavy atom. The quantitative estimate of drug-likeness (QED) is 0.834. The lowest BCUT2D eigenvalue weighted by molar-refractivity contribution is 0.357. The third-order valence-corrected chi connectivity index (χ3v) is 4.00. The van der Waals surface area contributed by atoms with E-state index in [0.29, 0.717) is 0 Å². The summed E-state index contributed by atoms with van der Waals surface area (Å²) in [6.45, 7) is 5.46. The molecule has 0 atom stereocenters. The van der Waals surface area contributed by atoms with E-state index in [0.717, 1.165) is 18.7 Å². The number of hydrogen-bond acceptors (Lipinski definition) is 2. The fourth-order valence-corrected chi connectivity index (χ4v) is 2.93. The maximum Gasteiger partial charge on any atom is 0.119 e. The SMILES string of the molecule is COc1ccc2c(c1)c1c(n2C)CNC(C)(C)C1. The predicted octanol–water partition coefficient (Wildman–Crippen LogP) is 2.61. The van der Waals surface area contributed by atoms with Crippen LogP contribution in [-0.2, 0) is 20.0 Å². The zero-order valence-corrected chi connectivity index (χ0v) is 11.5. The summed E-state index contributed by atoms with van der Waals surface area (Å²) in [5.74, 6) is 0.937. The number of hydrogen-bond donors (Lipinski definition) is 1. The fraction of sp³-hybridized carbons (Fsp3) is 0.467. The van der Waals surface area contributed by atoms with Crippen LogP contribution >= 0.6 is 0 Å². The van der Waals surface area contributed by atoms with Crippen molar-refractivity contribution in [2.24, 2.45) is 7.05 Å². The minimum atomic E-state index is 0.171. The average molecular weight is 244 g/mol. The molecule has 1 aromatic carbocycles. The lowest BCUT2D eigenvalue weighted by Gasteiger charge is -2.31.